The molecule has 0 aromatic heterocycles. The van der Waals surface area contributed by atoms with Gasteiger partial charge in [0.15, 0.2) is 4.98 Å². The summed E-state index contributed by atoms with van der Waals surface area (Å²) in [4.78, 5) is 3.05. The largest absolute Gasteiger partial charge is 0.494 e. The van der Waals surface area contributed by atoms with Gasteiger partial charge in [-0.1, -0.05) is 13.3 Å². The van der Waals surface area contributed by atoms with Gasteiger partial charge in [0, 0.05) is 12.1 Å². The van der Waals surface area contributed by atoms with Crippen molar-refractivity contribution in [3.63, 3.8) is 0 Å². The van der Waals surface area contributed by atoms with Gasteiger partial charge in [-0.25, -0.2) is 0 Å². The summed E-state index contributed by atoms with van der Waals surface area (Å²) in [6.07, 6.45) is 2.19. The van der Waals surface area contributed by atoms with Gasteiger partial charge in [-0.05, 0) is 18.6 Å². The average molecular weight is 177 g/mol. The van der Waals surface area contributed by atoms with Crippen LogP contribution in [0.5, 0.6) is 5.75 Å². The van der Waals surface area contributed by atoms with Gasteiger partial charge in [0.1, 0.15) is 5.75 Å². The van der Waals surface area contributed by atoms with Gasteiger partial charge in [0.05, 0.1) is 6.61 Å². The van der Waals surface area contributed by atoms with Crippen LogP contribution in [0.1, 0.15) is 19.8 Å². The van der Waals surface area contributed by atoms with E-state index in [1.165, 1.54) is 0 Å². The van der Waals surface area contributed by atoms with E-state index in [0.29, 0.717) is 5.69 Å². The van der Waals surface area contributed by atoms with Crippen molar-refractivity contribution in [1.29, 1.82) is 5.39 Å². The fourth-order valence-corrected chi connectivity index (χ4v) is 0.943. The molecule has 68 valence electrons. The van der Waals surface area contributed by atoms with Crippen molar-refractivity contribution in [2.24, 2.45) is 0 Å². The Balaban J connectivity index is 2.46. The van der Waals surface area contributed by atoms with Gasteiger partial charge >= 0.3 is 5.69 Å². The molecule has 0 radical (unpaired) electrons. The van der Waals surface area contributed by atoms with E-state index in [-0.39, 0.29) is 0 Å². The van der Waals surface area contributed by atoms with Crippen molar-refractivity contribution in [3.05, 3.63) is 29.2 Å². The number of hydrogen-bond donors (Lipinski definition) is 0. The molecular weight excluding hydrogens is 164 g/mol. The van der Waals surface area contributed by atoms with E-state index in [4.69, 9.17) is 10.1 Å². The molecule has 0 aliphatic rings. The summed E-state index contributed by atoms with van der Waals surface area (Å²) in [5.74, 6) is 0.820. The minimum Gasteiger partial charge on any atom is -0.494 e. The zero-order valence-electron chi connectivity index (χ0n) is 7.73. The molecule has 0 aliphatic carbocycles. The van der Waals surface area contributed by atoms with Gasteiger partial charge in [-0.15, -0.1) is 0 Å². The summed E-state index contributed by atoms with van der Waals surface area (Å²) in [6, 6.07) is 7.01. The molecular formula is C10H13N2O+. The number of hydrogen-bond acceptors (Lipinski definition) is 2. The highest BCUT2D eigenvalue weighted by Crippen LogP contribution is 2.17. The van der Waals surface area contributed by atoms with E-state index in [0.717, 1.165) is 25.2 Å². The monoisotopic (exact) mass is 177 g/mol. The van der Waals surface area contributed by atoms with Gasteiger partial charge < -0.3 is 4.74 Å². The normalized spacial score (nSPS) is 9.23. The topological polar surface area (TPSA) is 37.4 Å². The number of benzene rings is 1. The van der Waals surface area contributed by atoms with Crippen LogP contribution in [0.15, 0.2) is 24.3 Å². The first-order valence-electron chi connectivity index (χ1n) is 4.44. The highest BCUT2D eigenvalue weighted by atomic mass is 16.5. The summed E-state index contributed by atoms with van der Waals surface area (Å²) >= 11 is 0. The van der Waals surface area contributed by atoms with Crippen LogP contribution in [-0.2, 0) is 0 Å². The van der Waals surface area contributed by atoms with Crippen LogP contribution in [0.3, 0.4) is 0 Å². The van der Waals surface area contributed by atoms with Crippen molar-refractivity contribution >= 4 is 5.69 Å². The summed E-state index contributed by atoms with van der Waals surface area (Å²) in [5, 5.41) is 8.43. The van der Waals surface area contributed by atoms with Gasteiger partial charge in [0.25, 0.3) is 0 Å². The predicted molar refractivity (Wildman–Crippen MR) is 51.6 cm³/mol. The van der Waals surface area contributed by atoms with E-state index >= 15 is 0 Å². The molecule has 1 aromatic carbocycles. The molecule has 0 unspecified atom stereocenters. The van der Waals surface area contributed by atoms with Gasteiger partial charge in [-0.2, -0.15) is 0 Å². The predicted octanol–water partition coefficient (Wildman–Crippen LogP) is 3.35. The van der Waals surface area contributed by atoms with Crippen LogP contribution < -0.4 is 4.74 Å². The van der Waals surface area contributed by atoms with E-state index in [9.17, 15) is 0 Å². The van der Waals surface area contributed by atoms with Crippen molar-refractivity contribution in [1.82, 2.24) is 0 Å². The van der Waals surface area contributed by atoms with Crippen LogP contribution in [0.4, 0.5) is 5.69 Å². The molecule has 1 rings (SSSR count). The van der Waals surface area contributed by atoms with E-state index < -0.39 is 0 Å². The van der Waals surface area contributed by atoms with Crippen LogP contribution >= 0.6 is 0 Å². The number of diazo groups is 1. The molecule has 0 saturated carbocycles. The smallest absolute Gasteiger partial charge is 0.385 e. The first-order valence-corrected chi connectivity index (χ1v) is 4.44. The molecule has 0 saturated heterocycles. The summed E-state index contributed by atoms with van der Waals surface area (Å²) in [6.45, 7) is 2.86. The van der Waals surface area contributed by atoms with Crippen molar-refractivity contribution in [3.8, 4) is 5.75 Å². The molecule has 1 aromatic rings. The molecule has 3 heteroatoms. The standard InChI is InChI=1S/C10H13N2O/c1-2-3-8-13-10-6-4-9(12-11)5-7-10/h4-7H,2-3,8H2,1H3/q+1. The summed E-state index contributed by atoms with van der Waals surface area (Å²) in [7, 11) is 0. The molecule has 0 N–H and O–H groups in total. The summed E-state index contributed by atoms with van der Waals surface area (Å²) in [5.41, 5.74) is 0.544. The number of nitrogens with zero attached hydrogens (tertiary/aromatic N) is 2. The lowest BCUT2D eigenvalue weighted by Crippen LogP contribution is -1.95. The van der Waals surface area contributed by atoms with Crippen molar-refractivity contribution in [2.75, 3.05) is 6.61 Å². The quantitative estimate of drug-likeness (QED) is 0.522. The lowest BCUT2D eigenvalue weighted by atomic mass is 10.3. The average Bonchev–Trinajstić information content (AvgIpc) is 2.19. The Kier molecular flexibility index (Phi) is 3.77. The molecule has 3 nitrogen and oxygen atoms in total. The van der Waals surface area contributed by atoms with E-state index in [2.05, 4.69) is 11.9 Å². The Labute approximate surface area is 78.0 Å². The third-order valence-corrected chi connectivity index (χ3v) is 1.72. The first-order chi connectivity index (χ1) is 6.36. The second-order valence-electron chi connectivity index (χ2n) is 2.80. The van der Waals surface area contributed by atoms with E-state index in [1.54, 1.807) is 24.3 Å². The SMILES string of the molecule is CCCCOc1ccc([N+]#N)cc1. The van der Waals surface area contributed by atoms with Crippen LogP contribution in [0.25, 0.3) is 4.98 Å². The lowest BCUT2D eigenvalue weighted by Gasteiger charge is -2.02. The molecule has 0 bridgehead atoms. The maximum absolute atomic E-state index is 8.43. The van der Waals surface area contributed by atoms with Crippen LogP contribution in [0, 0.1) is 5.39 Å². The Morgan fingerprint density at radius 3 is 2.54 bits per heavy atom. The first kappa shape index (κ1) is 9.53. The molecule has 13 heavy (non-hydrogen) atoms. The van der Waals surface area contributed by atoms with Crippen molar-refractivity contribution in [2.45, 2.75) is 19.8 Å². The second kappa shape index (κ2) is 5.15. The van der Waals surface area contributed by atoms with Crippen molar-refractivity contribution < 1.29 is 4.74 Å². The maximum Gasteiger partial charge on any atom is 0.385 e. The molecule has 0 heterocycles. The molecule has 0 aliphatic heterocycles. The number of unbranched alkanes of at least 4 members (excludes halogenated alkanes) is 1. The molecule has 0 atom stereocenters. The zero-order chi connectivity index (χ0) is 9.52. The third-order valence-electron chi connectivity index (χ3n) is 1.72. The Morgan fingerprint density at radius 1 is 1.31 bits per heavy atom. The molecule has 0 fully saturated rings. The summed E-state index contributed by atoms with van der Waals surface area (Å²) < 4.78 is 5.42. The lowest BCUT2D eigenvalue weighted by molar-refractivity contribution is 0.309. The highest BCUT2D eigenvalue weighted by molar-refractivity contribution is 5.46. The number of rotatable bonds is 4. The van der Waals surface area contributed by atoms with Gasteiger partial charge in [-0.3, -0.25) is 0 Å². The van der Waals surface area contributed by atoms with Gasteiger partial charge in [0.2, 0.25) is 5.39 Å². The fraction of sp³-hybridized carbons (Fsp3) is 0.400. The Morgan fingerprint density at radius 2 is 2.00 bits per heavy atom. The molecule has 0 amide bonds. The maximum atomic E-state index is 8.43. The fourth-order valence-electron chi connectivity index (χ4n) is 0.943. The highest BCUT2D eigenvalue weighted by Gasteiger charge is 2.02. The number of ether oxygens (including phenoxy) is 1. The molecule has 0 spiro atoms. The Hall–Kier alpha value is -1.56. The van der Waals surface area contributed by atoms with E-state index in [1.807, 2.05) is 0 Å². The second-order valence-corrected chi connectivity index (χ2v) is 2.80. The minimum absolute atomic E-state index is 0.544. The van der Waals surface area contributed by atoms with Crippen LogP contribution in [-0.4, -0.2) is 6.61 Å². The third kappa shape index (κ3) is 3.12. The Bertz CT molecular complexity index is 287. The minimum atomic E-state index is 0.544. The zero-order valence-corrected chi connectivity index (χ0v) is 7.73. The van der Waals surface area contributed by atoms with Crippen LogP contribution in [0.2, 0.25) is 0 Å².